The molecule has 39 heavy (non-hydrogen) atoms. The lowest BCUT2D eigenvalue weighted by Crippen LogP contribution is -2.75. The third-order valence-corrected chi connectivity index (χ3v) is 8.15. The standard InChI is InChI=1S/C28H30F5N5O/c1-17(28(31,32)33)36-26(39)21-9-23(30)25(11-22(21)29)37-15-27(16-37,7-8-34)38-13-18(14-38)12-35-24-10-20(24)19-5-3-2-4-6-19/h2-6,9,11,17-18,20,24,35H,7,10,12-16H2,1H3,(H,36,39)/t17-,20?,24?/m0/s1. The molecule has 3 atom stereocenters. The lowest BCUT2D eigenvalue weighted by Gasteiger charge is -2.60. The van der Waals surface area contributed by atoms with Gasteiger partial charge in [0.25, 0.3) is 5.91 Å². The molecular weight excluding hydrogens is 517 g/mol. The maximum atomic E-state index is 14.9. The number of carbonyl (C=O) groups is 1. The van der Waals surface area contributed by atoms with Crippen molar-refractivity contribution < 1.29 is 26.7 Å². The van der Waals surface area contributed by atoms with Gasteiger partial charge in [0.15, 0.2) is 0 Å². The molecule has 1 saturated carbocycles. The van der Waals surface area contributed by atoms with Crippen LogP contribution in [0.5, 0.6) is 0 Å². The Morgan fingerprint density at radius 3 is 2.49 bits per heavy atom. The van der Waals surface area contributed by atoms with Gasteiger partial charge >= 0.3 is 6.18 Å². The lowest BCUT2D eigenvalue weighted by molar-refractivity contribution is -0.149. The van der Waals surface area contributed by atoms with E-state index in [-0.39, 0.29) is 12.1 Å². The molecule has 2 aromatic carbocycles. The molecule has 2 unspecified atom stereocenters. The van der Waals surface area contributed by atoms with Gasteiger partial charge in [0.2, 0.25) is 0 Å². The van der Waals surface area contributed by atoms with Crippen LogP contribution < -0.4 is 15.5 Å². The number of rotatable bonds is 9. The van der Waals surface area contributed by atoms with E-state index >= 15 is 0 Å². The summed E-state index contributed by atoms with van der Waals surface area (Å²) in [6.45, 7) is 3.84. The number of carbonyl (C=O) groups excluding carboxylic acids is 1. The molecule has 3 aliphatic rings. The van der Waals surface area contributed by atoms with Crippen molar-refractivity contribution in [2.45, 2.75) is 49.5 Å². The Bertz CT molecular complexity index is 1250. The molecule has 0 aromatic heterocycles. The van der Waals surface area contributed by atoms with Gasteiger partial charge in [0.1, 0.15) is 17.7 Å². The van der Waals surface area contributed by atoms with E-state index in [1.807, 2.05) is 6.07 Å². The Hall–Kier alpha value is -3.23. The van der Waals surface area contributed by atoms with Gasteiger partial charge in [-0.05, 0) is 30.9 Å². The maximum absolute atomic E-state index is 14.9. The van der Waals surface area contributed by atoms with Crippen LogP contribution in [-0.2, 0) is 0 Å². The number of hydrogen-bond acceptors (Lipinski definition) is 5. The summed E-state index contributed by atoms with van der Waals surface area (Å²) in [4.78, 5) is 15.9. The number of hydrogen-bond donors (Lipinski definition) is 2. The third-order valence-electron chi connectivity index (χ3n) is 8.15. The normalized spacial score (nSPS) is 23.4. The van der Waals surface area contributed by atoms with Crippen molar-refractivity contribution in [1.82, 2.24) is 15.5 Å². The minimum Gasteiger partial charge on any atom is -0.365 e. The molecule has 1 aliphatic carbocycles. The summed E-state index contributed by atoms with van der Waals surface area (Å²) in [7, 11) is 0. The molecule has 5 rings (SSSR count). The number of benzene rings is 2. The van der Waals surface area contributed by atoms with Gasteiger partial charge in [0, 0.05) is 50.7 Å². The van der Waals surface area contributed by atoms with E-state index in [2.05, 4.69) is 40.6 Å². The molecule has 0 radical (unpaired) electrons. The smallest absolute Gasteiger partial charge is 0.365 e. The van der Waals surface area contributed by atoms with Crippen LogP contribution in [0.2, 0.25) is 0 Å². The van der Waals surface area contributed by atoms with Gasteiger partial charge in [0.05, 0.1) is 29.3 Å². The number of alkyl halides is 3. The number of nitrogens with zero attached hydrogens (tertiary/aromatic N) is 3. The summed E-state index contributed by atoms with van der Waals surface area (Å²) in [5.74, 6) is -2.37. The van der Waals surface area contributed by atoms with Crippen LogP contribution in [0, 0.1) is 28.9 Å². The van der Waals surface area contributed by atoms with E-state index in [4.69, 9.17) is 0 Å². The molecule has 2 aromatic rings. The SMILES string of the molecule is C[C@H](NC(=O)c1cc(F)c(N2CC(CC#N)(N3CC(CNC4CC4c4ccccc4)C3)C2)cc1F)C(F)(F)F. The van der Waals surface area contributed by atoms with Gasteiger partial charge in [-0.1, -0.05) is 30.3 Å². The van der Waals surface area contributed by atoms with Crippen molar-refractivity contribution in [3.05, 3.63) is 65.2 Å². The van der Waals surface area contributed by atoms with Crippen LogP contribution in [0.3, 0.4) is 0 Å². The van der Waals surface area contributed by atoms with Crippen molar-refractivity contribution in [2.75, 3.05) is 37.6 Å². The van der Waals surface area contributed by atoms with Gasteiger partial charge in [-0.3, -0.25) is 9.69 Å². The Morgan fingerprint density at radius 1 is 1.15 bits per heavy atom. The summed E-state index contributed by atoms with van der Waals surface area (Å²) in [6, 6.07) is 12.4. The molecule has 3 fully saturated rings. The Balaban J connectivity index is 1.14. The Kier molecular flexibility index (Phi) is 7.29. The first kappa shape index (κ1) is 27.3. The van der Waals surface area contributed by atoms with E-state index < -0.39 is 40.9 Å². The maximum Gasteiger partial charge on any atom is 0.408 e. The fourth-order valence-corrected chi connectivity index (χ4v) is 5.61. The lowest BCUT2D eigenvalue weighted by atomic mass is 9.79. The van der Waals surface area contributed by atoms with Crippen LogP contribution >= 0.6 is 0 Å². The highest BCUT2D eigenvalue weighted by Crippen LogP contribution is 2.42. The van der Waals surface area contributed by atoms with Gasteiger partial charge in [-0.15, -0.1) is 0 Å². The largest absolute Gasteiger partial charge is 0.408 e. The van der Waals surface area contributed by atoms with Crippen LogP contribution in [0.1, 0.15) is 41.6 Å². The average molecular weight is 548 g/mol. The molecule has 2 N–H and O–H groups in total. The second-order valence-electron chi connectivity index (χ2n) is 11.0. The topological polar surface area (TPSA) is 71.4 Å². The van der Waals surface area contributed by atoms with Crippen molar-refractivity contribution in [3.63, 3.8) is 0 Å². The molecule has 1 amide bonds. The zero-order valence-electron chi connectivity index (χ0n) is 21.4. The van der Waals surface area contributed by atoms with Crippen molar-refractivity contribution in [3.8, 4) is 6.07 Å². The fourth-order valence-electron chi connectivity index (χ4n) is 5.61. The molecule has 0 bridgehead atoms. The van der Waals surface area contributed by atoms with Crippen molar-refractivity contribution in [2.24, 2.45) is 5.92 Å². The third kappa shape index (κ3) is 5.58. The Morgan fingerprint density at radius 2 is 1.85 bits per heavy atom. The number of amides is 1. The van der Waals surface area contributed by atoms with Gasteiger partial charge in [-0.25, -0.2) is 8.78 Å². The molecule has 11 heteroatoms. The van der Waals surface area contributed by atoms with E-state index in [0.29, 0.717) is 37.0 Å². The molecule has 0 spiro atoms. The van der Waals surface area contributed by atoms with Crippen LogP contribution in [-0.4, -0.2) is 67.3 Å². The van der Waals surface area contributed by atoms with Crippen molar-refractivity contribution >= 4 is 11.6 Å². The van der Waals surface area contributed by atoms with E-state index in [9.17, 15) is 32.0 Å². The summed E-state index contributed by atoms with van der Waals surface area (Å²) < 4.78 is 67.7. The average Bonchev–Trinajstić information content (AvgIpc) is 3.61. The predicted octanol–water partition coefficient (Wildman–Crippen LogP) is 4.20. The molecule has 2 aliphatic heterocycles. The fraction of sp³-hybridized carbons (Fsp3) is 0.500. The Labute approximate surface area is 223 Å². The zero-order chi connectivity index (χ0) is 27.9. The predicted molar refractivity (Wildman–Crippen MR) is 135 cm³/mol. The minimum absolute atomic E-state index is 0.0825. The highest BCUT2D eigenvalue weighted by molar-refractivity contribution is 5.95. The van der Waals surface area contributed by atoms with Crippen LogP contribution in [0.25, 0.3) is 0 Å². The van der Waals surface area contributed by atoms with Crippen LogP contribution in [0.4, 0.5) is 27.6 Å². The number of likely N-dealkylation sites (tertiary alicyclic amines) is 1. The first-order chi connectivity index (χ1) is 18.5. The number of halogens is 5. The molecule has 2 heterocycles. The van der Waals surface area contributed by atoms with Gasteiger partial charge < -0.3 is 15.5 Å². The minimum atomic E-state index is -4.71. The first-order valence-corrected chi connectivity index (χ1v) is 13.0. The number of nitrogens with one attached hydrogen (secondary N) is 2. The second-order valence-corrected chi connectivity index (χ2v) is 11.0. The van der Waals surface area contributed by atoms with E-state index in [0.717, 1.165) is 39.0 Å². The number of nitriles is 1. The summed E-state index contributed by atoms with van der Waals surface area (Å²) in [5.41, 5.74) is -0.000287. The zero-order valence-corrected chi connectivity index (χ0v) is 21.4. The molecular formula is C28H30F5N5O. The van der Waals surface area contributed by atoms with E-state index in [1.165, 1.54) is 5.56 Å². The summed E-state index contributed by atoms with van der Waals surface area (Å²) in [6.07, 6.45) is -3.35. The second kappa shape index (κ2) is 10.4. The number of anilines is 1. The first-order valence-electron chi connectivity index (χ1n) is 13.0. The van der Waals surface area contributed by atoms with Crippen LogP contribution in [0.15, 0.2) is 42.5 Å². The summed E-state index contributed by atoms with van der Waals surface area (Å²) >= 11 is 0. The highest BCUT2D eigenvalue weighted by atomic mass is 19.4. The summed E-state index contributed by atoms with van der Waals surface area (Å²) in [5, 5.41) is 14.7. The molecule has 2 saturated heterocycles. The van der Waals surface area contributed by atoms with Crippen molar-refractivity contribution in [1.29, 1.82) is 5.26 Å². The monoisotopic (exact) mass is 547 g/mol. The van der Waals surface area contributed by atoms with E-state index in [1.54, 1.807) is 10.2 Å². The quantitative estimate of drug-likeness (QED) is 0.461. The van der Waals surface area contributed by atoms with Gasteiger partial charge in [-0.2, -0.15) is 18.4 Å². The molecule has 6 nitrogen and oxygen atoms in total. The highest BCUT2D eigenvalue weighted by Gasteiger charge is 2.52. The molecule has 208 valence electrons.